The van der Waals surface area contributed by atoms with Gasteiger partial charge in [-0.3, -0.25) is 9.59 Å². The smallest absolute Gasteiger partial charge is 0.335 e. The van der Waals surface area contributed by atoms with Crippen molar-refractivity contribution in [3.63, 3.8) is 0 Å². The number of anilines is 3. The number of hydrogen-bond acceptors (Lipinski definition) is 5. The van der Waals surface area contributed by atoms with Crippen LogP contribution in [0.1, 0.15) is 21.5 Å². The highest BCUT2D eigenvalue weighted by atomic mass is 16.5. The minimum Gasteiger partial charge on any atom is -0.478 e. The number of ether oxygens (including phenoxy) is 1. The van der Waals surface area contributed by atoms with Crippen LogP contribution in [0.5, 0.6) is 0 Å². The highest BCUT2D eigenvalue weighted by molar-refractivity contribution is 6.00. The monoisotopic (exact) mass is 518 g/mol. The van der Waals surface area contributed by atoms with Gasteiger partial charge < -0.3 is 30.7 Å². The van der Waals surface area contributed by atoms with Crippen LogP contribution >= 0.6 is 0 Å². The van der Waals surface area contributed by atoms with Crippen molar-refractivity contribution in [2.75, 3.05) is 42.3 Å². The molecule has 0 aliphatic heterocycles. The van der Waals surface area contributed by atoms with Gasteiger partial charge >= 0.3 is 12.0 Å². The number of benzene rings is 3. The summed E-state index contributed by atoms with van der Waals surface area (Å²) in [7, 11) is 1.51. The van der Waals surface area contributed by atoms with Crippen LogP contribution in [0.3, 0.4) is 0 Å². The maximum atomic E-state index is 12.8. The van der Waals surface area contributed by atoms with Gasteiger partial charge in [0.1, 0.15) is 0 Å². The van der Waals surface area contributed by atoms with Gasteiger partial charge in [-0.05, 0) is 60.5 Å². The first-order valence-electron chi connectivity index (χ1n) is 11.9. The van der Waals surface area contributed by atoms with Crippen molar-refractivity contribution in [2.45, 2.75) is 13.3 Å². The molecular formula is C28H30N4O6. The summed E-state index contributed by atoms with van der Waals surface area (Å²) in [6.07, 6.45) is 0.0499. The van der Waals surface area contributed by atoms with Gasteiger partial charge in [0.25, 0.3) is 0 Å². The lowest BCUT2D eigenvalue weighted by Crippen LogP contribution is -2.42. The van der Waals surface area contributed by atoms with Crippen molar-refractivity contribution in [1.29, 1.82) is 0 Å². The molecular weight excluding hydrogens is 488 g/mol. The molecule has 3 aromatic rings. The van der Waals surface area contributed by atoms with E-state index in [1.165, 1.54) is 36.3 Å². The van der Waals surface area contributed by atoms with Crippen molar-refractivity contribution in [3.05, 3.63) is 89.5 Å². The lowest BCUT2D eigenvalue weighted by molar-refractivity contribution is -0.124. The van der Waals surface area contributed by atoms with E-state index in [4.69, 9.17) is 9.84 Å². The molecule has 0 saturated heterocycles. The van der Waals surface area contributed by atoms with Gasteiger partial charge in [-0.25, -0.2) is 9.59 Å². The molecule has 38 heavy (non-hydrogen) atoms. The minimum atomic E-state index is -1.06. The fourth-order valence-electron chi connectivity index (χ4n) is 3.59. The first kappa shape index (κ1) is 27.9. The van der Waals surface area contributed by atoms with Crippen LogP contribution < -0.4 is 20.9 Å². The Morgan fingerprint density at radius 2 is 1.58 bits per heavy atom. The van der Waals surface area contributed by atoms with Gasteiger partial charge in [0.05, 0.1) is 25.1 Å². The Balaban J connectivity index is 1.51. The molecule has 0 atom stereocenters. The molecule has 0 aromatic heterocycles. The molecule has 0 spiro atoms. The summed E-state index contributed by atoms with van der Waals surface area (Å²) in [6.45, 7) is 2.17. The number of aromatic carboxylic acids is 1. The number of aryl methyl sites for hydroxylation is 1. The summed E-state index contributed by atoms with van der Waals surface area (Å²) in [5.74, 6) is -1.77. The average molecular weight is 519 g/mol. The molecule has 10 nitrogen and oxygen atoms in total. The number of urea groups is 1. The van der Waals surface area contributed by atoms with E-state index in [2.05, 4.69) is 16.0 Å². The molecule has 3 rings (SSSR count). The summed E-state index contributed by atoms with van der Waals surface area (Å²) < 4.78 is 5.07. The number of rotatable bonds is 11. The predicted molar refractivity (Wildman–Crippen MR) is 145 cm³/mol. The fourth-order valence-corrected chi connectivity index (χ4v) is 3.59. The van der Waals surface area contributed by atoms with E-state index in [1.807, 2.05) is 31.2 Å². The maximum absolute atomic E-state index is 12.8. The fraction of sp³-hybridized carbons (Fsp3) is 0.214. The standard InChI is InChI=1S/C28H30N4O6/c1-19-5-3-4-6-24(19)31-28(37)30-22-11-7-20(8-12-22)17-25(33)29-18-26(34)32(15-16-38-2)23-13-9-21(10-14-23)27(35)36/h3-14H,15-18H2,1-2H3,(H,29,33)(H,35,36)(H2,30,31,37). The molecule has 0 aliphatic rings. The number of carboxylic acid groups (broad SMARTS) is 1. The molecule has 198 valence electrons. The Morgan fingerprint density at radius 3 is 2.21 bits per heavy atom. The summed E-state index contributed by atoms with van der Waals surface area (Å²) in [5, 5.41) is 17.2. The first-order valence-corrected chi connectivity index (χ1v) is 11.9. The number of carbonyl (C=O) groups is 4. The normalized spacial score (nSPS) is 10.4. The van der Waals surface area contributed by atoms with Crippen LogP contribution in [0.4, 0.5) is 21.9 Å². The zero-order valence-corrected chi connectivity index (χ0v) is 21.2. The van der Waals surface area contributed by atoms with Gasteiger partial charge in [-0.1, -0.05) is 30.3 Å². The number of hydrogen-bond donors (Lipinski definition) is 4. The third kappa shape index (κ3) is 8.17. The molecule has 0 fully saturated rings. The lowest BCUT2D eigenvalue weighted by atomic mass is 10.1. The number of amides is 4. The van der Waals surface area contributed by atoms with Crippen molar-refractivity contribution in [3.8, 4) is 0 Å². The quantitative estimate of drug-likeness (QED) is 0.306. The van der Waals surface area contributed by atoms with E-state index in [1.54, 1.807) is 24.3 Å². The minimum absolute atomic E-state index is 0.0499. The Kier molecular flexibility index (Phi) is 9.95. The molecule has 4 N–H and O–H groups in total. The maximum Gasteiger partial charge on any atom is 0.335 e. The van der Waals surface area contributed by atoms with Crippen LogP contribution in [0.2, 0.25) is 0 Å². The van der Waals surface area contributed by atoms with E-state index in [0.717, 1.165) is 5.56 Å². The Labute approximate surface area is 220 Å². The van der Waals surface area contributed by atoms with E-state index in [0.29, 0.717) is 22.6 Å². The van der Waals surface area contributed by atoms with Crippen LogP contribution in [0.15, 0.2) is 72.8 Å². The van der Waals surface area contributed by atoms with Crippen LogP contribution in [-0.4, -0.2) is 55.7 Å². The third-order valence-electron chi connectivity index (χ3n) is 5.65. The van der Waals surface area contributed by atoms with Gasteiger partial charge in [-0.15, -0.1) is 0 Å². The zero-order valence-electron chi connectivity index (χ0n) is 21.2. The number of carbonyl (C=O) groups excluding carboxylic acids is 3. The number of carboxylic acids is 1. The molecule has 4 amide bonds. The van der Waals surface area contributed by atoms with E-state index in [9.17, 15) is 19.2 Å². The van der Waals surface area contributed by atoms with E-state index >= 15 is 0 Å². The number of nitrogens with one attached hydrogen (secondary N) is 3. The highest BCUT2D eigenvalue weighted by Crippen LogP contribution is 2.17. The molecule has 10 heteroatoms. The lowest BCUT2D eigenvalue weighted by Gasteiger charge is -2.23. The van der Waals surface area contributed by atoms with Crippen molar-refractivity contribution in [2.24, 2.45) is 0 Å². The average Bonchev–Trinajstić information content (AvgIpc) is 2.90. The van der Waals surface area contributed by atoms with E-state index < -0.39 is 5.97 Å². The molecule has 0 saturated carbocycles. The van der Waals surface area contributed by atoms with Gasteiger partial charge in [0, 0.05) is 30.7 Å². The first-order chi connectivity index (χ1) is 18.3. The summed E-state index contributed by atoms with van der Waals surface area (Å²) in [4.78, 5) is 50.1. The largest absolute Gasteiger partial charge is 0.478 e. The van der Waals surface area contributed by atoms with Crippen LogP contribution in [0.25, 0.3) is 0 Å². The molecule has 3 aromatic carbocycles. The SMILES string of the molecule is COCCN(C(=O)CNC(=O)Cc1ccc(NC(=O)Nc2ccccc2C)cc1)c1ccc(C(=O)O)cc1. The van der Waals surface area contributed by atoms with E-state index in [-0.39, 0.29) is 49.5 Å². The summed E-state index contributed by atoms with van der Waals surface area (Å²) in [6, 6.07) is 19.8. The molecule has 0 bridgehead atoms. The zero-order chi connectivity index (χ0) is 27.5. The molecule has 0 heterocycles. The number of nitrogens with zero attached hydrogens (tertiary/aromatic N) is 1. The second-order valence-corrected chi connectivity index (χ2v) is 8.43. The molecule has 0 radical (unpaired) electrons. The van der Waals surface area contributed by atoms with Gasteiger partial charge in [-0.2, -0.15) is 0 Å². The Hall–Kier alpha value is -4.70. The number of methoxy groups -OCH3 is 1. The number of para-hydroxylation sites is 1. The molecule has 0 unspecified atom stereocenters. The Morgan fingerprint density at radius 1 is 0.895 bits per heavy atom. The Bertz CT molecular complexity index is 1280. The van der Waals surface area contributed by atoms with Crippen molar-refractivity contribution >= 4 is 40.9 Å². The summed E-state index contributed by atoms with van der Waals surface area (Å²) >= 11 is 0. The third-order valence-corrected chi connectivity index (χ3v) is 5.65. The van der Waals surface area contributed by atoms with Gasteiger partial charge in [0.2, 0.25) is 11.8 Å². The van der Waals surface area contributed by atoms with Crippen molar-refractivity contribution in [1.82, 2.24) is 5.32 Å². The summed E-state index contributed by atoms with van der Waals surface area (Å²) in [5.41, 5.74) is 3.54. The topological polar surface area (TPSA) is 137 Å². The highest BCUT2D eigenvalue weighted by Gasteiger charge is 2.17. The van der Waals surface area contributed by atoms with Crippen LogP contribution in [0, 0.1) is 6.92 Å². The second kappa shape index (κ2) is 13.6. The predicted octanol–water partition coefficient (Wildman–Crippen LogP) is 3.68. The second-order valence-electron chi connectivity index (χ2n) is 8.43. The van der Waals surface area contributed by atoms with Gasteiger partial charge in [0.15, 0.2) is 0 Å². The van der Waals surface area contributed by atoms with Crippen LogP contribution in [-0.2, 0) is 20.7 Å². The molecule has 0 aliphatic carbocycles. The van der Waals surface area contributed by atoms with Crippen molar-refractivity contribution < 1.29 is 29.0 Å².